The molecule has 0 saturated carbocycles. The number of nitrogens with one attached hydrogen (secondary N) is 1. The van der Waals surface area contributed by atoms with Gasteiger partial charge in [0.1, 0.15) is 5.82 Å². The number of aryl methyl sites for hydroxylation is 1. The zero-order valence-electron chi connectivity index (χ0n) is 14.5. The van der Waals surface area contributed by atoms with Crippen molar-refractivity contribution < 1.29 is 0 Å². The quantitative estimate of drug-likeness (QED) is 0.763. The number of anilines is 1. The van der Waals surface area contributed by atoms with Gasteiger partial charge < -0.3 is 10.2 Å². The number of nitrogens with zero attached hydrogens (tertiary/aromatic N) is 3. The highest BCUT2D eigenvalue weighted by Gasteiger charge is 2.09. The highest BCUT2D eigenvalue weighted by molar-refractivity contribution is 5.64. The van der Waals surface area contributed by atoms with Crippen LogP contribution in [-0.4, -0.2) is 41.3 Å². The summed E-state index contributed by atoms with van der Waals surface area (Å²) >= 11 is 0. The summed E-state index contributed by atoms with van der Waals surface area (Å²) in [6, 6.07) is 12.5. The Morgan fingerprint density at radius 2 is 1.74 bits per heavy atom. The molecule has 2 rings (SSSR count). The summed E-state index contributed by atoms with van der Waals surface area (Å²) in [5.41, 5.74) is 3.40. The largest absolute Gasteiger partial charge is 0.367 e. The van der Waals surface area contributed by atoms with E-state index in [0.29, 0.717) is 0 Å². The highest BCUT2D eigenvalue weighted by atomic mass is 15.2. The maximum atomic E-state index is 4.48. The Bertz CT molecular complexity index is 579. The third-order valence-electron chi connectivity index (χ3n) is 4.07. The molecule has 1 aromatic carbocycles. The van der Waals surface area contributed by atoms with E-state index in [0.717, 1.165) is 56.1 Å². The van der Waals surface area contributed by atoms with Crippen LogP contribution in [0.25, 0.3) is 11.3 Å². The van der Waals surface area contributed by atoms with Crippen LogP contribution in [0.15, 0.2) is 36.4 Å². The molecule has 1 N–H and O–H groups in total. The van der Waals surface area contributed by atoms with Crippen molar-refractivity contribution in [1.82, 2.24) is 15.1 Å². The Balaban J connectivity index is 2.10. The van der Waals surface area contributed by atoms with Crippen LogP contribution in [0.4, 0.5) is 5.82 Å². The normalized spacial score (nSPS) is 11.0. The van der Waals surface area contributed by atoms with E-state index < -0.39 is 0 Å². The van der Waals surface area contributed by atoms with E-state index >= 15 is 0 Å². The maximum Gasteiger partial charge on any atom is 0.149 e. The molecule has 23 heavy (non-hydrogen) atoms. The first-order valence-corrected chi connectivity index (χ1v) is 8.66. The Morgan fingerprint density at radius 1 is 1.00 bits per heavy atom. The van der Waals surface area contributed by atoms with E-state index in [9.17, 15) is 0 Å². The van der Waals surface area contributed by atoms with E-state index in [4.69, 9.17) is 0 Å². The molecule has 0 amide bonds. The number of hydrogen-bond donors (Lipinski definition) is 1. The van der Waals surface area contributed by atoms with Gasteiger partial charge in [-0.2, -0.15) is 0 Å². The average molecular weight is 312 g/mol. The Morgan fingerprint density at radius 3 is 2.39 bits per heavy atom. The van der Waals surface area contributed by atoms with Crippen LogP contribution in [0, 0.1) is 0 Å². The Kier molecular flexibility index (Phi) is 7.01. The number of hydrogen-bond acceptors (Lipinski definition) is 4. The van der Waals surface area contributed by atoms with Gasteiger partial charge in [0.15, 0.2) is 0 Å². The standard InChI is InChI=1S/C19H28N4/c1-4-10-17-15-18(20-13-14-23(5-2)6-3)21-22-19(17)16-11-8-7-9-12-16/h7-9,11-12,15H,4-6,10,13-14H2,1-3H3,(H,20,21). The SMILES string of the molecule is CCCc1cc(NCCN(CC)CC)nnc1-c1ccccc1. The first-order valence-electron chi connectivity index (χ1n) is 8.66. The topological polar surface area (TPSA) is 41.0 Å². The third-order valence-corrected chi connectivity index (χ3v) is 4.07. The highest BCUT2D eigenvalue weighted by Crippen LogP contribution is 2.23. The van der Waals surface area contributed by atoms with Crippen molar-refractivity contribution in [3.63, 3.8) is 0 Å². The lowest BCUT2D eigenvalue weighted by Crippen LogP contribution is -2.28. The van der Waals surface area contributed by atoms with E-state index in [1.807, 2.05) is 18.2 Å². The molecule has 0 unspecified atom stereocenters. The summed E-state index contributed by atoms with van der Waals surface area (Å²) in [5, 5.41) is 12.3. The smallest absolute Gasteiger partial charge is 0.149 e. The van der Waals surface area contributed by atoms with Gasteiger partial charge in [0.25, 0.3) is 0 Å². The van der Waals surface area contributed by atoms with Gasteiger partial charge in [-0.25, -0.2) is 0 Å². The van der Waals surface area contributed by atoms with Crippen molar-refractivity contribution >= 4 is 5.82 Å². The first kappa shape index (κ1) is 17.4. The molecule has 0 aliphatic carbocycles. The maximum absolute atomic E-state index is 4.48. The van der Waals surface area contributed by atoms with E-state index in [2.05, 4.69) is 59.4 Å². The lowest BCUT2D eigenvalue weighted by atomic mass is 10.0. The van der Waals surface area contributed by atoms with E-state index in [1.54, 1.807) is 0 Å². The average Bonchev–Trinajstić information content (AvgIpc) is 2.60. The second-order valence-electron chi connectivity index (χ2n) is 5.67. The van der Waals surface area contributed by atoms with Crippen molar-refractivity contribution in [2.24, 2.45) is 0 Å². The lowest BCUT2D eigenvalue weighted by molar-refractivity contribution is 0.316. The molecular weight excluding hydrogens is 284 g/mol. The van der Waals surface area contributed by atoms with Gasteiger partial charge in [-0.3, -0.25) is 0 Å². The summed E-state index contributed by atoms with van der Waals surface area (Å²) in [6.45, 7) is 10.7. The van der Waals surface area contributed by atoms with E-state index in [-0.39, 0.29) is 0 Å². The molecule has 0 bridgehead atoms. The number of aromatic nitrogens is 2. The fourth-order valence-corrected chi connectivity index (χ4v) is 2.70. The van der Waals surface area contributed by atoms with Gasteiger partial charge in [-0.1, -0.05) is 57.5 Å². The zero-order chi connectivity index (χ0) is 16.5. The van der Waals surface area contributed by atoms with Gasteiger partial charge in [-0.15, -0.1) is 10.2 Å². The summed E-state index contributed by atoms with van der Waals surface area (Å²) in [6.07, 6.45) is 2.12. The molecule has 4 heteroatoms. The minimum atomic E-state index is 0.875. The minimum Gasteiger partial charge on any atom is -0.367 e. The second kappa shape index (κ2) is 9.26. The first-order chi connectivity index (χ1) is 11.3. The molecular formula is C19H28N4. The fraction of sp³-hybridized carbons (Fsp3) is 0.474. The molecule has 0 saturated heterocycles. The van der Waals surface area contributed by atoms with Gasteiger partial charge in [0.05, 0.1) is 5.69 Å². The Labute approximate surface area is 139 Å². The van der Waals surface area contributed by atoms with Crippen LogP contribution < -0.4 is 5.32 Å². The molecule has 0 aliphatic heterocycles. The van der Waals surface area contributed by atoms with Crippen LogP contribution in [0.3, 0.4) is 0 Å². The van der Waals surface area contributed by atoms with Crippen molar-refractivity contribution in [3.8, 4) is 11.3 Å². The summed E-state index contributed by atoms with van der Waals surface area (Å²) in [7, 11) is 0. The number of benzene rings is 1. The number of rotatable bonds is 9. The molecule has 124 valence electrons. The molecule has 2 aromatic rings. The number of likely N-dealkylation sites (N-methyl/N-ethyl adjacent to an activating group) is 1. The van der Waals surface area contributed by atoms with Gasteiger partial charge in [-0.05, 0) is 31.1 Å². The monoisotopic (exact) mass is 312 g/mol. The van der Waals surface area contributed by atoms with Crippen LogP contribution >= 0.6 is 0 Å². The molecule has 1 heterocycles. The molecule has 1 aromatic heterocycles. The van der Waals surface area contributed by atoms with Gasteiger partial charge in [0, 0.05) is 18.7 Å². The van der Waals surface area contributed by atoms with Crippen LogP contribution in [-0.2, 0) is 6.42 Å². The molecule has 0 aliphatic rings. The van der Waals surface area contributed by atoms with Crippen molar-refractivity contribution in [2.75, 3.05) is 31.5 Å². The molecule has 0 atom stereocenters. The zero-order valence-corrected chi connectivity index (χ0v) is 14.5. The van der Waals surface area contributed by atoms with Crippen molar-refractivity contribution in [3.05, 3.63) is 42.0 Å². The minimum absolute atomic E-state index is 0.875. The predicted molar refractivity (Wildman–Crippen MR) is 97.7 cm³/mol. The predicted octanol–water partition coefficient (Wildman–Crippen LogP) is 3.85. The van der Waals surface area contributed by atoms with Gasteiger partial charge >= 0.3 is 0 Å². The molecule has 0 radical (unpaired) electrons. The molecule has 0 fully saturated rings. The second-order valence-corrected chi connectivity index (χ2v) is 5.67. The van der Waals surface area contributed by atoms with Crippen molar-refractivity contribution in [1.29, 1.82) is 0 Å². The van der Waals surface area contributed by atoms with Crippen LogP contribution in [0.5, 0.6) is 0 Å². The summed E-state index contributed by atoms with van der Waals surface area (Å²) in [5.74, 6) is 0.875. The fourth-order valence-electron chi connectivity index (χ4n) is 2.70. The van der Waals surface area contributed by atoms with Crippen LogP contribution in [0.2, 0.25) is 0 Å². The molecule has 0 spiro atoms. The molecule has 4 nitrogen and oxygen atoms in total. The Hall–Kier alpha value is -1.94. The van der Waals surface area contributed by atoms with Crippen molar-refractivity contribution in [2.45, 2.75) is 33.6 Å². The van der Waals surface area contributed by atoms with E-state index in [1.165, 1.54) is 5.56 Å². The van der Waals surface area contributed by atoms with Crippen LogP contribution in [0.1, 0.15) is 32.8 Å². The lowest BCUT2D eigenvalue weighted by Gasteiger charge is -2.18. The van der Waals surface area contributed by atoms with Gasteiger partial charge in [0.2, 0.25) is 0 Å². The summed E-state index contributed by atoms with van der Waals surface area (Å²) < 4.78 is 0. The third kappa shape index (κ3) is 5.03. The summed E-state index contributed by atoms with van der Waals surface area (Å²) in [4.78, 5) is 2.39.